The molecule has 0 saturated carbocycles. The Morgan fingerprint density at radius 2 is 1.85 bits per heavy atom. The topological polar surface area (TPSA) is 107 Å². The van der Waals surface area contributed by atoms with Gasteiger partial charge in [-0.25, -0.2) is 0 Å². The number of carboxylic acid groups (broad SMARTS) is 1. The molecule has 1 aliphatic rings. The Hall–Kier alpha value is -1.41. The third-order valence-electron chi connectivity index (χ3n) is 5.58. The second kappa shape index (κ2) is 10.1. The summed E-state index contributed by atoms with van der Waals surface area (Å²) < 4.78 is 0. The lowest BCUT2D eigenvalue weighted by Crippen LogP contribution is -2.57. The number of nitrogens with two attached hydrogens (primary N) is 1. The van der Waals surface area contributed by atoms with Crippen LogP contribution in [0.1, 0.15) is 37.7 Å². The average molecular weight is 362 g/mol. The zero-order valence-electron chi connectivity index (χ0n) is 15.4. The molecule has 1 atom stereocenters. The monoisotopic (exact) mass is 362 g/mol. The minimum Gasteiger partial charge on any atom is -0.480 e. The molecule has 1 heterocycles. The lowest BCUT2D eigenvalue weighted by atomic mass is 9.74. The van der Waals surface area contributed by atoms with Gasteiger partial charge in [0.1, 0.15) is 5.54 Å². The van der Waals surface area contributed by atoms with Crippen LogP contribution >= 0.6 is 0 Å². The number of hydrogen-bond donors (Lipinski definition) is 4. The van der Waals surface area contributed by atoms with Gasteiger partial charge in [-0.3, -0.25) is 4.79 Å². The Balaban J connectivity index is 1.80. The van der Waals surface area contributed by atoms with Gasteiger partial charge in [-0.05, 0) is 56.6 Å². The summed E-state index contributed by atoms with van der Waals surface area (Å²) in [5.41, 5.74) is 6.40. The van der Waals surface area contributed by atoms with Crippen molar-refractivity contribution in [2.75, 3.05) is 19.6 Å². The quantitative estimate of drug-likeness (QED) is 0.370. The lowest BCUT2D eigenvalue weighted by Gasteiger charge is -2.40. The number of carboxylic acids is 1. The molecule has 0 bridgehead atoms. The molecular formula is C19H31BN2O4. The van der Waals surface area contributed by atoms with Gasteiger partial charge in [-0.2, -0.15) is 0 Å². The van der Waals surface area contributed by atoms with Crippen LogP contribution in [0.15, 0.2) is 30.3 Å². The highest BCUT2D eigenvalue weighted by molar-refractivity contribution is 6.40. The first kappa shape index (κ1) is 20.9. The number of piperidine rings is 1. The number of hydrogen-bond acceptors (Lipinski definition) is 5. The van der Waals surface area contributed by atoms with Crippen molar-refractivity contribution in [1.29, 1.82) is 0 Å². The van der Waals surface area contributed by atoms with Crippen LogP contribution in [0.5, 0.6) is 0 Å². The van der Waals surface area contributed by atoms with E-state index in [0.29, 0.717) is 19.3 Å². The number of carbonyl (C=O) groups is 1. The molecule has 1 aromatic carbocycles. The molecule has 1 saturated heterocycles. The maximum atomic E-state index is 11.8. The van der Waals surface area contributed by atoms with E-state index in [1.165, 1.54) is 5.56 Å². The molecule has 7 heteroatoms. The normalized spacial score (nSPS) is 18.4. The fourth-order valence-corrected chi connectivity index (χ4v) is 3.83. The second-order valence-corrected chi connectivity index (χ2v) is 7.42. The molecule has 1 aromatic rings. The van der Waals surface area contributed by atoms with E-state index in [2.05, 4.69) is 17.0 Å². The van der Waals surface area contributed by atoms with Crippen LogP contribution in [-0.2, 0) is 11.2 Å². The van der Waals surface area contributed by atoms with Gasteiger partial charge in [0.25, 0.3) is 0 Å². The molecule has 0 amide bonds. The highest BCUT2D eigenvalue weighted by Gasteiger charge is 2.42. The van der Waals surface area contributed by atoms with Gasteiger partial charge >= 0.3 is 13.1 Å². The van der Waals surface area contributed by atoms with E-state index in [-0.39, 0.29) is 12.2 Å². The summed E-state index contributed by atoms with van der Waals surface area (Å²) in [6, 6.07) is 10.4. The van der Waals surface area contributed by atoms with Crippen LogP contribution in [0.4, 0.5) is 0 Å². The van der Waals surface area contributed by atoms with Crippen LogP contribution in [0.3, 0.4) is 0 Å². The fourth-order valence-electron chi connectivity index (χ4n) is 3.83. The number of likely N-dealkylation sites (tertiary alicyclic amines) is 1. The Morgan fingerprint density at radius 1 is 1.19 bits per heavy atom. The molecule has 1 aliphatic heterocycles. The molecule has 2 rings (SSSR count). The number of benzene rings is 1. The molecule has 144 valence electrons. The summed E-state index contributed by atoms with van der Waals surface area (Å²) >= 11 is 0. The van der Waals surface area contributed by atoms with E-state index in [1.807, 2.05) is 18.2 Å². The van der Waals surface area contributed by atoms with Gasteiger partial charge in [0.2, 0.25) is 0 Å². The Labute approximate surface area is 156 Å². The van der Waals surface area contributed by atoms with Crippen LogP contribution in [-0.4, -0.2) is 58.3 Å². The van der Waals surface area contributed by atoms with E-state index < -0.39 is 18.6 Å². The fraction of sp³-hybridized carbons (Fsp3) is 0.632. The van der Waals surface area contributed by atoms with Crippen molar-refractivity contribution in [3.63, 3.8) is 0 Å². The Morgan fingerprint density at radius 3 is 2.42 bits per heavy atom. The van der Waals surface area contributed by atoms with Gasteiger partial charge in [0.15, 0.2) is 0 Å². The molecule has 6 nitrogen and oxygen atoms in total. The third-order valence-corrected chi connectivity index (χ3v) is 5.58. The molecule has 0 unspecified atom stereocenters. The average Bonchev–Trinajstić information content (AvgIpc) is 2.64. The third kappa shape index (κ3) is 6.09. The summed E-state index contributed by atoms with van der Waals surface area (Å²) in [5.74, 6) is -0.975. The van der Waals surface area contributed by atoms with Crippen molar-refractivity contribution in [1.82, 2.24) is 4.90 Å². The van der Waals surface area contributed by atoms with Gasteiger partial charge in [0, 0.05) is 6.54 Å². The molecule has 0 aliphatic carbocycles. The van der Waals surface area contributed by atoms with E-state index in [9.17, 15) is 9.90 Å². The molecule has 26 heavy (non-hydrogen) atoms. The maximum Gasteiger partial charge on any atom is 0.451 e. The van der Waals surface area contributed by atoms with Crippen molar-refractivity contribution in [3.05, 3.63) is 35.9 Å². The molecule has 0 spiro atoms. The van der Waals surface area contributed by atoms with Crippen molar-refractivity contribution >= 4 is 13.1 Å². The van der Waals surface area contributed by atoms with Crippen molar-refractivity contribution < 1.29 is 19.9 Å². The first-order chi connectivity index (χ1) is 12.4. The summed E-state index contributed by atoms with van der Waals surface area (Å²) in [6.45, 7) is 2.73. The molecular weight excluding hydrogens is 331 g/mol. The van der Waals surface area contributed by atoms with Crippen LogP contribution in [0.2, 0.25) is 6.32 Å². The van der Waals surface area contributed by atoms with Crippen molar-refractivity contribution in [3.8, 4) is 0 Å². The standard InChI is InChI=1S/C19H31BN2O4/c21-19(18(23)24,11-4-5-12-20(25)26)17-9-14-22(15-10-17)13-8-16-6-2-1-3-7-16/h1-3,6-7,17,25-26H,4-5,8-15,21H2,(H,23,24)/t19-/m1/s1. The summed E-state index contributed by atoms with van der Waals surface area (Å²) in [6.07, 6.45) is 4.38. The number of rotatable bonds is 10. The molecule has 1 fully saturated rings. The van der Waals surface area contributed by atoms with Gasteiger partial charge in [-0.15, -0.1) is 0 Å². The van der Waals surface area contributed by atoms with Crippen LogP contribution in [0, 0.1) is 5.92 Å². The minimum atomic E-state index is -1.33. The van der Waals surface area contributed by atoms with E-state index in [1.54, 1.807) is 0 Å². The largest absolute Gasteiger partial charge is 0.480 e. The highest BCUT2D eigenvalue weighted by atomic mass is 16.4. The minimum absolute atomic E-state index is 0.0352. The predicted octanol–water partition coefficient (Wildman–Crippen LogP) is 1.37. The van der Waals surface area contributed by atoms with E-state index >= 15 is 0 Å². The molecule has 5 N–H and O–H groups in total. The van der Waals surface area contributed by atoms with E-state index in [4.69, 9.17) is 15.8 Å². The number of nitrogens with zero attached hydrogens (tertiary/aromatic N) is 1. The zero-order chi connectivity index (χ0) is 19.0. The SMILES string of the molecule is N[C@@](CCCCB(O)O)(C(=O)O)C1CCN(CCc2ccccc2)CC1. The predicted molar refractivity (Wildman–Crippen MR) is 103 cm³/mol. The number of unbranched alkanes of at least 4 members (excludes halogenated alkanes) is 1. The summed E-state index contributed by atoms with van der Waals surface area (Å²) in [4.78, 5) is 14.2. The van der Waals surface area contributed by atoms with Crippen LogP contribution in [0.25, 0.3) is 0 Å². The van der Waals surface area contributed by atoms with Gasteiger partial charge in [0.05, 0.1) is 0 Å². The van der Waals surface area contributed by atoms with Crippen molar-refractivity contribution in [2.45, 2.75) is 50.4 Å². The first-order valence-corrected chi connectivity index (χ1v) is 9.56. The zero-order valence-corrected chi connectivity index (χ0v) is 15.4. The highest BCUT2D eigenvalue weighted by Crippen LogP contribution is 2.31. The second-order valence-electron chi connectivity index (χ2n) is 7.42. The smallest absolute Gasteiger partial charge is 0.451 e. The van der Waals surface area contributed by atoms with Gasteiger partial charge in [-0.1, -0.05) is 43.2 Å². The Kier molecular flexibility index (Phi) is 8.09. The van der Waals surface area contributed by atoms with Crippen LogP contribution < -0.4 is 5.73 Å². The summed E-state index contributed by atoms with van der Waals surface area (Å²) in [7, 11) is -1.33. The van der Waals surface area contributed by atoms with E-state index in [0.717, 1.165) is 38.9 Å². The lowest BCUT2D eigenvalue weighted by molar-refractivity contribution is -0.147. The molecule has 0 radical (unpaired) electrons. The summed E-state index contributed by atoms with van der Waals surface area (Å²) in [5, 5.41) is 27.5. The van der Waals surface area contributed by atoms with Crippen molar-refractivity contribution in [2.24, 2.45) is 11.7 Å². The maximum absolute atomic E-state index is 11.8. The Bertz CT molecular complexity index is 550. The number of aliphatic carboxylic acids is 1. The molecule has 0 aromatic heterocycles. The first-order valence-electron chi connectivity index (χ1n) is 9.56. The van der Waals surface area contributed by atoms with Gasteiger partial charge < -0.3 is 25.8 Å².